The Balaban J connectivity index is 1.38. The fraction of sp³-hybridized carbons (Fsp3) is 0.217. The van der Waals surface area contributed by atoms with Crippen molar-refractivity contribution in [3.63, 3.8) is 0 Å². The molecular weight excluding hydrogens is 412 g/mol. The summed E-state index contributed by atoms with van der Waals surface area (Å²) in [4.78, 5) is 24.0. The van der Waals surface area contributed by atoms with E-state index in [0.29, 0.717) is 30.0 Å². The van der Waals surface area contributed by atoms with Gasteiger partial charge >= 0.3 is 5.97 Å². The molecule has 0 unspecified atom stereocenters. The summed E-state index contributed by atoms with van der Waals surface area (Å²) in [6.45, 7) is 4.15. The van der Waals surface area contributed by atoms with Gasteiger partial charge in [-0.2, -0.15) is 0 Å². The van der Waals surface area contributed by atoms with E-state index >= 15 is 0 Å². The first kappa shape index (κ1) is 20.9. The van der Waals surface area contributed by atoms with E-state index in [0.717, 1.165) is 27.3 Å². The number of rotatable bonds is 7. The molecule has 0 radical (unpaired) electrons. The molecule has 0 spiro atoms. The molecule has 158 valence electrons. The molecular formula is C23H22N4O3S. The normalized spacial score (nSPS) is 11.0. The molecule has 31 heavy (non-hydrogen) atoms. The predicted octanol–water partition coefficient (Wildman–Crippen LogP) is 4.49. The molecule has 0 aliphatic carbocycles. The van der Waals surface area contributed by atoms with Gasteiger partial charge < -0.3 is 10.1 Å². The summed E-state index contributed by atoms with van der Waals surface area (Å²) in [5, 5.41) is 13.4. The molecule has 2 aromatic carbocycles. The SMILES string of the molecule is CCOC(=O)c1ccc(NC(=O)CCSc2nnc3cc(C)c4ccccc4n23)cc1. The van der Waals surface area contributed by atoms with Crippen LogP contribution in [0, 0.1) is 6.92 Å². The molecule has 0 aliphatic rings. The number of carbonyl (C=O) groups is 2. The second kappa shape index (κ2) is 9.18. The summed E-state index contributed by atoms with van der Waals surface area (Å²) in [5.74, 6) is 0.0846. The third-order valence-electron chi connectivity index (χ3n) is 4.81. The number of ether oxygens (including phenoxy) is 1. The fourth-order valence-electron chi connectivity index (χ4n) is 3.33. The Labute approximate surface area is 183 Å². The van der Waals surface area contributed by atoms with Crippen molar-refractivity contribution in [2.75, 3.05) is 17.7 Å². The van der Waals surface area contributed by atoms with Crippen LogP contribution in [-0.2, 0) is 9.53 Å². The van der Waals surface area contributed by atoms with Crippen LogP contribution in [0.15, 0.2) is 59.8 Å². The van der Waals surface area contributed by atoms with Gasteiger partial charge in [-0.15, -0.1) is 10.2 Å². The van der Waals surface area contributed by atoms with E-state index in [9.17, 15) is 9.59 Å². The number of benzene rings is 2. The van der Waals surface area contributed by atoms with Crippen molar-refractivity contribution in [2.24, 2.45) is 0 Å². The van der Waals surface area contributed by atoms with Crippen LogP contribution in [0.4, 0.5) is 5.69 Å². The lowest BCUT2D eigenvalue weighted by atomic mass is 10.1. The lowest BCUT2D eigenvalue weighted by Crippen LogP contribution is -2.12. The Morgan fingerprint density at radius 2 is 1.87 bits per heavy atom. The van der Waals surface area contributed by atoms with Gasteiger partial charge in [-0.25, -0.2) is 4.79 Å². The maximum Gasteiger partial charge on any atom is 0.338 e. The van der Waals surface area contributed by atoms with Crippen LogP contribution >= 0.6 is 11.8 Å². The number of nitrogens with one attached hydrogen (secondary N) is 1. The smallest absolute Gasteiger partial charge is 0.338 e. The van der Waals surface area contributed by atoms with E-state index < -0.39 is 0 Å². The van der Waals surface area contributed by atoms with E-state index in [2.05, 4.69) is 34.6 Å². The highest BCUT2D eigenvalue weighted by Gasteiger charge is 2.12. The van der Waals surface area contributed by atoms with Crippen LogP contribution in [-0.4, -0.2) is 38.8 Å². The van der Waals surface area contributed by atoms with Crippen LogP contribution in [0.2, 0.25) is 0 Å². The Morgan fingerprint density at radius 1 is 1.10 bits per heavy atom. The van der Waals surface area contributed by atoms with Gasteiger partial charge in [-0.3, -0.25) is 9.20 Å². The van der Waals surface area contributed by atoms with Crippen molar-refractivity contribution in [2.45, 2.75) is 25.4 Å². The molecule has 0 bridgehead atoms. The fourth-order valence-corrected chi connectivity index (χ4v) is 4.22. The van der Waals surface area contributed by atoms with Gasteiger partial charge in [0.1, 0.15) is 0 Å². The number of anilines is 1. The second-order valence-corrected chi connectivity index (χ2v) is 8.03. The molecule has 8 heteroatoms. The first-order valence-corrected chi connectivity index (χ1v) is 11.0. The van der Waals surface area contributed by atoms with Crippen molar-refractivity contribution >= 4 is 45.9 Å². The Hall–Kier alpha value is -3.39. The van der Waals surface area contributed by atoms with E-state index in [-0.39, 0.29) is 11.9 Å². The third-order valence-corrected chi connectivity index (χ3v) is 5.74. The monoisotopic (exact) mass is 434 g/mol. The number of nitrogens with zero attached hydrogens (tertiary/aromatic N) is 3. The maximum absolute atomic E-state index is 12.3. The van der Waals surface area contributed by atoms with Gasteiger partial charge in [0.25, 0.3) is 0 Å². The number of carbonyl (C=O) groups excluding carboxylic acids is 2. The number of esters is 1. The Bertz CT molecular complexity index is 1250. The molecule has 0 saturated carbocycles. The van der Waals surface area contributed by atoms with Crippen molar-refractivity contribution in [3.8, 4) is 0 Å². The van der Waals surface area contributed by atoms with Gasteiger partial charge in [-0.05, 0) is 55.8 Å². The zero-order chi connectivity index (χ0) is 21.8. The summed E-state index contributed by atoms with van der Waals surface area (Å²) in [6, 6.07) is 16.8. The van der Waals surface area contributed by atoms with E-state index in [1.54, 1.807) is 31.2 Å². The molecule has 0 fully saturated rings. The number of aryl methyl sites for hydroxylation is 1. The molecule has 1 N–H and O–H groups in total. The zero-order valence-corrected chi connectivity index (χ0v) is 18.1. The van der Waals surface area contributed by atoms with Crippen LogP contribution in [0.1, 0.15) is 29.3 Å². The van der Waals surface area contributed by atoms with Crippen LogP contribution < -0.4 is 5.32 Å². The molecule has 1 amide bonds. The first-order chi connectivity index (χ1) is 15.1. The van der Waals surface area contributed by atoms with Gasteiger partial charge in [0.2, 0.25) is 5.91 Å². The zero-order valence-electron chi connectivity index (χ0n) is 17.3. The van der Waals surface area contributed by atoms with E-state index in [1.807, 2.05) is 22.6 Å². The number of thioether (sulfide) groups is 1. The lowest BCUT2D eigenvalue weighted by Gasteiger charge is -2.08. The Morgan fingerprint density at radius 3 is 2.65 bits per heavy atom. The molecule has 2 aromatic heterocycles. The van der Waals surface area contributed by atoms with E-state index in [1.165, 1.54) is 11.8 Å². The standard InChI is InChI=1S/C23H22N4O3S/c1-3-30-22(29)16-8-10-17(11-9-16)24-21(28)12-13-31-23-26-25-20-14-15(2)18-6-4-5-7-19(18)27(20)23/h4-11,14H,3,12-13H2,1-2H3,(H,24,28). The summed E-state index contributed by atoms with van der Waals surface area (Å²) >= 11 is 1.50. The summed E-state index contributed by atoms with van der Waals surface area (Å²) in [7, 11) is 0. The molecule has 7 nitrogen and oxygen atoms in total. The van der Waals surface area contributed by atoms with Gasteiger partial charge in [0.05, 0.1) is 17.7 Å². The van der Waals surface area contributed by atoms with Crippen molar-refractivity contribution in [1.29, 1.82) is 0 Å². The number of fused-ring (bicyclic) bond motifs is 3. The Kier molecular flexibility index (Phi) is 6.18. The topological polar surface area (TPSA) is 85.6 Å². The molecule has 2 heterocycles. The summed E-state index contributed by atoms with van der Waals surface area (Å²) < 4.78 is 6.99. The molecule has 4 rings (SSSR count). The average molecular weight is 435 g/mol. The average Bonchev–Trinajstić information content (AvgIpc) is 3.17. The number of hydrogen-bond donors (Lipinski definition) is 1. The number of para-hydroxylation sites is 1. The summed E-state index contributed by atoms with van der Waals surface area (Å²) in [5.41, 5.74) is 4.09. The molecule has 0 saturated heterocycles. The van der Waals surface area contributed by atoms with Crippen molar-refractivity contribution in [1.82, 2.24) is 14.6 Å². The minimum atomic E-state index is -0.375. The lowest BCUT2D eigenvalue weighted by molar-refractivity contribution is -0.115. The van der Waals surface area contributed by atoms with Crippen LogP contribution in [0.3, 0.4) is 0 Å². The quantitative estimate of drug-likeness (QED) is 0.341. The first-order valence-electron chi connectivity index (χ1n) is 10.00. The molecule has 0 atom stereocenters. The van der Waals surface area contributed by atoms with Gasteiger partial charge in [0, 0.05) is 23.2 Å². The van der Waals surface area contributed by atoms with Gasteiger partial charge in [0.15, 0.2) is 10.8 Å². The number of amides is 1. The highest BCUT2D eigenvalue weighted by molar-refractivity contribution is 7.99. The van der Waals surface area contributed by atoms with Crippen molar-refractivity contribution in [3.05, 3.63) is 65.7 Å². The maximum atomic E-state index is 12.3. The van der Waals surface area contributed by atoms with Crippen molar-refractivity contribution < 1.29 is 14.3 Å². The molecule has 4 aromatic rings. The van der Waals surface area contributed by atoms with Gasteiger partial charge in [-0.1, -0.05) is 30.0 Å². The highest BCUT2D eigenvalue weighted by Crippen LogP contribution is 2.26. The third kappa shape index (κ3) is 4.54. The molecule has 0 aliphatic heterocycles. The summed E-state index contributed by atoms with van der Waals surface area (Å²) in [6.07, 6.45) is 0.322. The predicted molar refractivity (Wildman–Crippen MR) is 122 cm³/mol. The highest BCUT2D eigenvalue weighted by atomic mass is 32.2. The van der Waals surface area contributed by atoms with Crippen LogP contribution in [0.25, 0.3) is 16.6 Å². The van der Waals surface area contributed by atoms with Crippen LogP contribution in [0.5, 0.6) is 0 Å². The number of hydrogen-bond acceptors (Lipinski definition) is 6. The minimum absolute atomic E-state index is 0.106. The second-order valence-electron chi connectivity index (χ2n) is 6.97. The minimum Gasteiger partial charge on any atom is -0.462 e. The number of aromatic nitrogens is 3. The number of pyridine rings is 1. The largest absolute Gasteiger partial charge is 0.462 e. The van der Waals surface area contributed by atoms with E-state index in [4.69, 9.17) is 4.74 Å².